The van der Waals surface area contributed by atoms with Crippen molar-refractivity contribution >= 4 is 21.9 Å². The van der Waals surface area contributed by atoms with Crippen molar-refractivity contribution in [3.05, 3.63) is 52.3 Å². The van der Waals surface area contributed by atoms with Crippen molar-refractivity contribution in [1.29, 1.82) is 0 Å². The zero-order valence-electron chi connectivity index (χ0n) is 13.7. The summed E-state index contributed by atoms with van der Waals surface area (Å²) < 4.78 is 2.95. The molecule has 1 N–H and O–H groups in total. The van der Waals surface area contributed by atoms with E-state index >= 15 is 0 Å². The van der Waals surface area contributed by atoms with Gasteiger partial charge in [0.25, 0.3) is 0 Å². The van der Waals surface area contributed by atoms with Gasteiger partial charge in [-0.3, -0.25) is 9.67 Å². The van der Waals surface area contributed by atoms with E-state index in [2.05, 4.69) is 67.6 Å². The van der Waals surface area contributed by atoms with Gasteiger partial charge in [0.05, 0.1) is 6.20 Å². The molecule has 23 heavy (non-hydrogen) atoms. The molecule has 0 aliphatic heterocycles. The van der Waals surface area contributed by atoms with Gasteiger partial charge in [-0.05, 0) is 24.1 Å². The molecular weight excluding hydrogens is 354 g/mol. The highest BCUT2D eigenvalue weighted by Gasteiger charge is 2.39. The fraction of sp³-hybridized carbons (Fsp3) is 0.412. The molecule has 2 unspecified atom stereocenters. The minimum absolute atomic E-state index is 0.464. The van der Waals surface area contributed by atoms with Crippen LogP contribution in [0.4, 0.5) is 0 Å². The van der Waals surface area contributed by atoms with Gasteiger partial charge in [0, 0.05) is 55.9 Å². The molecule has 5 nitrogen and oxygen atoms in total. The van der Waals surface area contributed by atoms with Crippen LogP contribution in [0.1, 0.15) is 23.5 Å². The van der Waals surface area contributed by atoms with Gasteiger partial charge in [-0.25, -0.2) is 0 Å². The van der Waals surface area contributed by atoms with E-state index in [1.165, 1.54) is 11.1 Å². The number of guanidine groups is 1. The quantitative estimate of drug-likeness (QED) is 0.659. The first-order valence-corrected chi connectivity index (χ1v) is 8.53. The normalized spacial score (nSPS) is 20.4. The lowest BCUT2D eigenvalue weighted by Gasteiger charge is -2.21. The summed E-state index contributed by atoms with van der Waals surface area (Å²) >= 11 is 3.49. The minimum Gasteiger partial charge on any atom is -0.353 e. The first kappa shape index (κ1) is 16.1. The molecule has 2 atom stereocenters. The molecule has 0 radical (unpaired) electrons. The Morgan fingerprint density at radius 1 is 1.43 bits per heavy atom. The lowest BCUT2D eigenvalue weighted by Crippen LogP contribution is -2.40. The molecule has 122 valence electrons. The molecule has 0 spiro atoms. The van der Waals surface area contributed by atoms with Gasteiger partial charge < -0.3 is 10.2 Å². The Labute approximate surface area is 145 Å². The molecule has 1 heterocycles. The van der Waals surface area contributed by atoms with Gasteiger partial charge >= 0.3 is 0 Å². The molecule has 0 amide bonds. The Kier molecular flexibility index (Phi) is 4.71. The van der Waals surface area contributed by atoms with E-state index in [1.54, 1.807) is 0 Å². The van der Waals surface area contributed by atoms with E-state index in [1.807, 2.05) is 31.2 Å². The molecule has 1 fully saturated rings. The third-order valence-electron chi connectivity index (χ3n) is 4.15. The SMILES string of the molecule is CN=C(NC1CC1c1ccc(Br)cc1)N(C)Cc1cnn(C)c1. The second-order valence-corrected chi connectivity index (χ2v) is 6.99. The maximum absolute atomic E-state index is 4.41. The number of nitrogens with zero attached hydrogens (tertiary/aromatic N) is 4. The van der Waals surface area contributed by atoms with Crippen LogP contribution in [0.2, 0.25) is 0 Å². The van der Waals surface area contributed by atoms with Crippen molar-refractivity contribution in [2.24, 2.45) is 12.0 Å². The van der Waals surface area contributed by atoms with E-state index in [9.17, 15) is 0 Å². The van der Waals surface area contributed by atoms with Crippen LogP contribution in [0.15, 0.2) is 46.1 Å². The van der Waals surface area contributed by atoms with E-state index < -0.39 is 0 Å². The van der Waals surface area contributed by atoms with Gasteiger partial charge in [0.2, 0.25) is 0 Å². The van der Waals surface area contributed by atoms with E-state index in [-0.39, 0.29) is 0 Å². The Morgan fingerprint density at radius 3 is 2.78 bits per heavy atom. The summed E-state index contributed by atoms with van der Waals surface area (Å²) in [6.45, 7) is 0.795. The van der Waals surface area contributed by atoms with Crippen LogP contribution < -0.4 is 5.32 Å². The van der Waals surface area contributed by atoms with Crippen LogP contribution in [-0.4, -0.2) is 40.8 Å². The number of rotatable bonds is 4. The first-order chi connectivity index (χ1) is 11.1. The van der Waals surface area contributed by atoms with Crippen LogP contribution in [0, 0.1) is 0 Å². The molecule has 6 heteroatoms. The van der Waals surface area contributed by atoms with Crippen molar-refractivity contribution in [3.8, 4) is 0 Å². The average Bonchev–Trinajstić information content (AvgIpc) is 3.19. The fourth-order valence-corrected chi connectivity index (χ4v) is 3.11. The highest BCUT2D eigenvalue weighted by molar-refractivity contribution is 9.10. The van der Waals surface area contributed by atoms with E-state index in [0.29, 0.717) is 12.0 Å². The summed E-state index contributed by atoms with van der Waals surface area (Å²) in [5.74, 6) is 1.50. The number of benzene rings is 1. The second kappa shape index (κ2) is 6.74. The summed E-state index contributed by atoms with van der Waals surface area (Å²) in [6, 6.07) is 9.06. The largest absolute Gasteiger partial charge is 0.353 e. The second-order valence-electron chi connectivity index (χ2n) is 6.07. The van der Waals surface area contributed by atoms with Crippen LogP contribution in [0.5, 0.6) is 0 Å². The lowest BCUT2D eigenvalue weighted by molar-refractivity contribution is 0.475. The summed E-state index contributed by atoms with van der Waals surface area (Å²) in [6.07, 6.45) is 5.08. The Hall–Kier alpha value is -1.82. The molecule has 1 aliphatic rings. The highest BCUT2D eigenvalue weighted by Crippen LogP contribution is 2.41. The number of nitrogens with one attached hydrogen (secondary N) is 1. The van der Waals surface area contributed by atoms with Crippen LogP contribution in [-0.2, 0) is 13.6 Å². The van der Waals surface area contributed by atoms with Gasteiger partial charge in [-0.15, -0.1) is 0 Å². The standard InChI is InChI=1S/C17H22BrN5/c1-19-17(22(2)10-12-9-20-23(3)11-12)21-16-8-15(16)13-4-6-14(18)7-5-13/h4-7,9,11,15-16H,8,10H2,1-3H3,(H,19,21). The van der Waals surface area contributed by atoms with Crippen LogP contribution in [0.3, 0.4) is 0 Å². The smallest absolute Gasteiger partial charge is 0.193 e. The zero-order chi connectivity index (χ0) is 16.4. The molecule has 3 rings (SSSR count). The van der Waals surface area contributed by atoms with Gasteiger partial charge in [-0.1, -0.05) is 28.1 Å². The molecular formula is C17H22BrN5. The molecule has 2 aromatic rings. The summed E-state index contributed by atoms with van der Waals surface area (Å²) in [7, 11) is 5.82. The minimum atomic E-state index is 0.464. The number of aliphatic imine (C=N–C) groups is 1. The number of halogens is 1. The van der Waals surface area contributed by atoms with E-state index in [4.69, 9.17) is 0 Å². The molecule has 0 saturated heterocycles. The van der Waals surface area contributed by atoms with Crippen molar-refractivity contribution in [2.45, 2.75) is 24.9 Å². The number of hydrogen-bond acceptors (Lipinski definition) is 2. The van der Waals surface area contributed by atoms with Crippen LogP contribution in [0.25, 0.3) is 0 Å². The van der Waals surface area contributed by atoms with Crippen molar-refractivity contribution in [3.63, 3.8) is 0 Å². The van der Waals surface area contributed by atoms with Gasteiger partial charge in [0.15, 0.2) is 5.96 Å². The average molecular weight is 376 g/mol. The summed E-state index contributed by atoms with van der Waals surface area (Å²) in [4.78, 5) is 6.54. The maximum Gasteiger partial charge on any atom is 0.193 e. The van der Waals surface area contributed by atoms with Crippen molar-refractivity contribution in [2.75, 3.05) is 14.1 Å². The molecule has 0 bridgehead atoms. The first-order valence-electron chi connectivity index (χ1n) is 7.74. The predicted octanol–water partition coefficient (Wildman–Crippen LogP) is 2.75. The topological polar surface area (TPSA) is 45.5 Å². The predicted molar refractivity (Wildman–Crippen MR) is 96.5 cm³/mol. The Bertz CT molecular complexity index is 691. The highest BCUT2D eigenvalue weighted by atomic mass is 79.9. The third-order valence-corrected chi connectivity index (χ3v) is 4.68. The van der Waals surface area contributed by atoms with Crippen LogP contribution >= 0.6 is 15.9 Å². The van der Waals surface area contributed by atoms with E-state index in [0.717, 1.165) is 23.4 Å². The number of hydrogen-bond donors (Lipinski definition) is 1. The van der Waals surface area contributed by atoms with Gasteiger partial charge in [-0.2, -0.15) is 5.10 Å². The fourth-order valence-electron chi connectivity index (χ4n) is 2.85. The summed E-state index contributed by atoms with van der Waals surface area (Å²) in [5.41, 5.74) is 2.56. The number of aromatic nitrogens is 2. The molecule has 1 aliphatic carbocycles. The third kappa shape index (κ3) is 3.93. The Balaban J connectivity index is 1.57. The maximum atomic E-state index is 4.41. The summed E-state index contributed by atoms with van der Waals surface area (Å²) in [5, 5.41) is 7.78. The van der Waals surface area contributed by atoms with Gasteiger partial charge in [0.1, 0.15) is 0 Å². The van der Waals surface area contributed by atoms with Crippen molar-refractivity contribution in [1.82, 2.24) is 20.0 Å². The van der Waals surface area contributed by atoms with Crippen molar-refractivity contribution < 1.29 is 0 Å². The molecule has 1 aromatic carbocycles. The Morgan fingerprint density at radius 2 is 2.17 bits per heavy atom. The zero-order valence-corrected chi connectivity index (χ0v) is 15.3. The molecule has 1 saturated carbocycles. The lowest BCUT2D eigenvalue weighted by atomic mass is 10.1. The molecule has 1 aromatic heterocycles. The monoisotopic (exact) mass is 375 g/mol. The number of aryl methyl sites for hydroxylation is 1.